The molecule has 20 heavy (non-hydrogen) atoms. The van der Waals surface area contributed by atoms with Crippen molar-refractivity contribution in [2.24, 2.45) is 0 Å². The van der Waals surface area contributed by atoms with Crippen LogP contribution in [-0.2, 0) is 13.1 Å². The average molecular weight is 270 g/mol. The van der Waals surface area contributed by atoms with Gasteiger partial charge in [0.15, 0.2) is 0 Å². The van der Waals surface area contributed by atoms with Crippen molar-refractivity contribution in [2.45, 2.75) is 33.4 Å². The summed E-state index contributed by atoms with van der Waals surface area (Å²) in [5.74, 6) is 0.950. The summed E-state index contributed by atoms with van der Waals surface area (Å²) in [6.07, 6.45) is 4.77. The molecule has 0 atom stereocenters. The minimum atomic E-state index is 0.771. The van der Waals surface area contributed by atoms with Crippen molar-refractivity contribution in [1.82, 2.24) is 10.3 Å². The second-order valence-electron chi connectivity index (χ2n) is 4.90. The van der Waals surface area contributed by atoms with Crippen molar-refractivity contribution in [1.29, 1.82) is 0 Å². The monoisotopic (exact) mass is 270 g/mol. The first-order valence-electron chi connectivity index (χ1n) is 7.11. The summed E-state index contributed by atoms with van der Waals surface area (Å²) >= 11 is 0. The van der Waals surface area contributed by atoms with E-state index in [0.717, 1.165) is 31.9 Å². The Kier molecular flexibility index (Phi) is 5.56. The Morgan fingerprint density at radius 2 is 2.10 bits per heavy atom. The highest BCUT2D eigenvalue weighted by Crippen LogP contribution is 2.13. The summed E-state index contributed by atoms with van der Waals surface area (Å²) in [5, 5.41) is 3.46. The molecule has 1 aromatic carbocycles. The van der Waals surface area contributed by atoms with E-state index in [4.69, 9.17) is 4.74 Å². The average Bonchev–Trinajstić information content (AvgIpc) is 2.48. The molecule has 0 radical (unpaired) electrons. The molecule has 0 amide bonds. The highest BCUT2D eigenvalue weighted by molar-refractivity contribution is 5.28. The largest absolute Gasteiger partial charge is 0.494 e. The molecule has 2 rings (SSSR count). The fraction of sp³-hybridized carbons (Fsp3) is 0.353. The highest BCUT2D eigenvalue weighted by Gasteiger charge is 1.99. The summed E-state index contributed by atoms with van der Waals surface area (Å²) < 4.78 is 5.64. The van der Waals surface area contributed by atoms with Gasteiger partial charge in [-0.1, -0.05) is 19.1 Å². The smallest absolute Gasteiger partial charge is 0.119 e. The Labute approximate surface area is 121 Å². The fourth-order valence-corrected chi connectivity index (χ4v) is 2.01. The number of aryl methyl sites for hydroxylation is 1. The molecule has 1 aromatic heterocycles. The van der Waals surface area contributed by atoms with E-state index < -0.39 is 0 Å². The number of hydrogen-bond donors (Lipinski definition) is 1. The van der Waals surface area contributed by atoms with Gasteiger partial charge in [-0.3, -0.25) is 4.98 Å². The lowest BCUT2D eigenvalue weighted by Gasteiger charge is -2.09. The minimum Gasteiger partial charge on any atom is -0.494 e. The summed E-state index contributed by atoms with van der Waals surface area (Å²) in [6, 6.07) is 10.3. The lowest BCUT2D eigenvalue weighted by Crippen LogP contribution is -2.13. The van der Waals surface area contributed by atoms with Crippen LogP contribution in [-0.4, -0.2) is 11.6 Å². The molecule has 0 bridgehead atoms. The minimum absolute atomic E-state index is 0.771. The van der Waals surface area contributed by atoms with Crippen LogP contribution in [0.2, 0.25) is 0 Å². The number of nitrogens with one attached hydrogen (secondary N) is 1. The predicted molar refractivity (Wildman–Crippen MR) is 81.7 cm³/mol. The number of aromatic nitrogens is 1. The van der Waals surface area contributed by atoms with Crippen molar-refractivity contribution in [3.05, 3.63) is 59.4 Å². The van der Waals surface area contributed by atoms with Gasteiger partial charge in [0.1, 0.15) is 5.75 Å². The summed E-state index contributed by atoms with van der Waals surface area (Å²) in [6.45, 7) is 6.66. The van der Waals surface area contributed by atoms with Crippen molar-refractivity contribution in [3.8, 4) is 5.75 Å². The van der Waals surface area contributed by atoms with Crippen LogP contribution >= 0.6 is 0 Å². The molecular formula is C17H22N2O. The number of rotatable bonds is 7. The molecule has 0 aliphatic rings. The maximum absolute atomic E-state index is 5.64. The van der Waals surface area contributed by atoms with Gasteiger partial charge < -0.3 is 10.1 Å². The molecule has 0 saturated heterocycles. The zero-order chi connectivity index (χ0) is 14.2. The summed E-state index contributed by atoms with van der Waals surface area (Å²) in [5.41, 5.74) is 3.75. The molecule has 3 heteroatoms. The number of hydrogen-bond acceptors (Lipinski definition) is 3. The van der Waals surface area contributed by atoms with Crippen LogP contribution in [0.25, 0.3) is 0 Å². The van der Waals surface area contributed by atoms with Crippen LogP contribution in [0.3, 0.4) is 0 Å². The quantitative estimate of drug-likeness (QED) is 0.836. The Morgan fingerprint density at radius 1 is 1.20 bits per heavy atom. The van der Waals surface area contributed by atoms with Crippen LogP contribution in [0.1, 0.15) is 30.0 Å². The van der Waals surface area contributed by atoms with Gasteiger partial charge in [-0.15, -0.1) is 0 Å². The van der Waals surface area contributed by atoms with Gasteiger partial charge in [-0.25, -0.2) is 0 Å². The Hall–Kier alpha value is -1.87. The predicted octanol–water partition coefficient (Wildman–Crippen LogP) is 3.47. The van der Waals surface area contributed by atoms with Crippen LogP contribution in [0, 0.1) is 6.92 Å². The maximum Gasteiger partial charge on any atom is 0.119 e. The first kappa shape index (κ1) is 14.5. The zero-order valence-electron chi connectivity index (χ0n) is 12.2. The van der Waals surface area contributed by atoms with Gasteiger partial charge in [0, 0.05) is 25.5 Å². The van der Waals surface area contributed by atoms with Gasteiger partial charge in [0.05, 0.1) is 6.61 Å². The second kappa shape index (κ2) is 7.65. The van der Waals surface area contributed by atoms with Crippen LogP contribution in [0.5, 0.6) is 5.75 Å². The van der Waals surface area contributed by atoms with E-state index >= 15 is 0 Å². The maximum atomic E-state index is 5.64. The van der Waals surface area contributed by atoms with Crippen LogP contribution < -0.4 is 10.1 Å². The molecule has 0 spiro atoms. The number of ether oxygens (including phenoxy) is 1. The van der Waals surface area contributed by atoms with Gasteiger partial charge >= 0.3 is 0 Å². The summed E-state index contributed by atoms with van der Waals surface area (Å²) in [4.78, 5) is 4.11. The topological polar surface area (TPSA) is 34.1 Å². The molecule has 1 heterocycles. The standard InChI is InChI=1S/C17H22N2O/c1-3-9-20-17-6-4-5-15(10-17)12-19-13-16-7-8-18-11-14(16)2/h4-8,10-11,19H,3,9,12-13H2,1-2H3. The molecule has 2 aromatic rings. The van der Waals surface area contributed by atoms with Crippen molar-refractivity contribution in [2.75, 3.05) is 6.61 Å². The van der Waals surface area contributed by atoms with Crippen LogP contribution in [0.4, 0.5) is 0 Å². The van der Waals surface area contributed by atoms with Gasteiger partial charge in [0.2, 0.25) is 0 Å². The van der Waals surface area contributed by atoms with E-state index in [0.29, 0.717) is 0 Å². The lowest BCUT2D eigenvalue weighted by molar-refractivity contribution is 0.317. The van der Waals surface area contributed by atoms with Crippen molar-refractivity contribution < 1.29 is 4.74 Å². The molecule has 0 fully saturated rings. The van der Waals surface area contributed by atoms with E-state index in [9.17, 15) is 0 Å². The Bertz CT molecular complexity index is 540. The lowest BCUT2D eigenvalue weighted by atomic mass is 10.1. The van der Waals surface area contributed by atoms with Crippen molar-refractivity contribution >= 4 is 0 Å². The van der Waals surface area contributed by atoms with E-state index in [1.165, 1.54) is 16.7 Å². The third kappa shape index (κ3) is 4.35. The first-order valence-corrected chi connectivity index (χ1v) is 7.11. The SMILES string of the molecule is CCCOc1cccc(CNCc2ccncc2C)c1. The van der Waals surface area contributed by atoms with Gasteiger partial charge in [-0.05, 0) is 48.2 Å². The van der Waals surface area contributed by atoms with E-state index in [-0.39, 0.29) is 0 Å². The Morgan fingerprint density at radius 3 is 2.90 bits per heavy atom. The normalized spacial score (nSPS) is 10.5. The zero-order valence-corrected chi connectivity index (χ0v) is 12.2. The third-order valence-corrected chi connectivity index (χ3v) is 3.15. The fourth-order valence-electron chi connectivity index (χ4n) is 2.01. The van der Waals surface area contributed by atoms with Crippen molar-refractivity contribution in [3.63, 3.8) is 0 Å². The summed E-state index contributed by atoms with van der Waals surface area (Å²) in [7, 11) is 0. The van der Waals surface area contributed by atoms with Gasteiger partial charge in [-0.2, -0.15) is 0 Å². The number of nitrogens with zero attached hydrogens (tertiary/aromatic N) is 1. The molecular weight excluding hydrogens is 248 g/mol. The molecule has 0 aliphatic carbocycles. The Balaban J connectivity index is 1.86. The van der Waals surface area contributed by atoms with Crippen LogP contribution in [0.15, 0.2) is 42.7 Å². The molecule has 0 aliphatic heterocycles. The molecule has 0 unspecified atom stereocenters. The highest BCUT2D eigenvalue weighted by atomic mass is 16.5. The third-order valence-electron chi connectivity index (χ3n) is 3.15. The molecule has 0 saturated carbocycles. The van der Waals surface area contributed by atoms with E-state index in [1.807, 2.05) is 24.5 Å². The second-order valence-corrected chi connectivity index (χ2v) is 4.90. The number of pyridine rings is 1. The van der Waals surface area contributed by atoms with E-state index in [1.54, 1.807) is 0 Å². The molecule has 1 N–H and O–H groups in total. The number of benzene rings is 1. The van der Waals surface area contributed by atoms with E-state index in [2.05, 4.69) is 42.3 Å². The van der Waals surface area contributed by atoms with Gasteiger partial charge in [0.25, 0.3) is 0 Å². The molecule has 106 valence electrons. The first-order chi connectivity index (χ1) is 9.79. The molecule has 3 nitrogen and oxygen atoms in total.